The van der Waals surface area contributed by atoms with Crippen LogP contribution in [-0.2, 0) is 0 Å². The van der Waals surface area contributed by atoms with Crippen molar-refractivity contribution in [1.82, 2.24) is 10.2 Å². The third kappa shape index (κ3) is 2.38. The second-order valence-corrected chi connectivity index (χ2v) is 4.43. The van der Waals surface area contributed by atoms with Crippen molar-refractivity contribution < 1.29 is 0 Å². The van der Waals surface area contributed by atoms with Gasteiger partial charge in [0.05, 0.1) is 11.8 Å². The number of amidine groups is 1. The van der Waals surface area contributed by atoms with Crippen molar-refractivity contribution in [2.24, 2.45) is 5.73 Å². The van der Waals surface area contributed by atoms with E-state index in [-0.39, 0.29) is 5.84 Å². The van der Waals surface area contributed by atoms with E-state index >= 15 is 0 Å². The highest BCUT2D eigenvalue weighted by Crippen LogP contribution is 2.26. The molecule has 5 heteroatoms. The number of nitrogens with zero attached hydrogens (tertiary/aromatic N) is 3. The van der Waals surface area contributed by atoms with E-state index in [4.69, 9.17) is 11.1 Å². The van der Waals surface area contributed by atoms with Crippen molar-refractivity contribution in [3.8, 4) is 0 Å². The normalized spacial score (nSPS) is 20.3. The lowest BCUT2D eigenvalue weighted by Crippen LogP contribution is -2.41. The third-order valence-electron chi connectivity index (χ3n) is 3.36. The van der Waals surface area contributed by atoms with Crippen LogP contribution in [0, 0.1) is 5.41 Å². The topological polar surface area (TPSA) is 78.9 Å². The third-order valence-corrected chi connectivity index (χ3v) is 3.36. The minimum absolute atomic E-state index is 0.0651. The van der Waals surface area contributed by atoms with Gasteiger partial charge in [-0.3, -0.25) is 5.41 Å². The van der Waals surface area contributed by atoms with Gasteiger partial charge in [-0.05, 0) is 31.7 Å². The highest BCUT2D eigenvalue weighted by Gasteiger charge is 2.24. The van der Waals surface area contributed by atoms with Gasteiger partial charge in [0, 0.05) is 12.6 Å². The van der Waals surface area contributed by atoms with Crippen LogP contribution in [0.2, 0.25) is 0 Å². The molecule has 0 bridgehead atoms. The quantitative estimate of drug-likeness (QED) is 0.613. The Morgan fingerprint density at radius 3 is 3.12 bits per heavy atom. The smallest absolute Gasteiger partial charge is 0.162 e. The Balaban J connectivity index is 2.34. The predicted molar refractivity (Wildman–Crippen MR) is 68.3 cm³/mol. The number of nitrogens with two attached hydrogens (primary N) is 1. The van der Waals surface area contributed by atoms with Crippen LogP contribution in [0.3, 0.4) is 0 Å². The predicted octanol–water partition coefficient (Wildman–Crippen LogP) is 1.53. The lowest BCUT2D eigenvalue weighted by Gasteiger charge is -2.36. The van der Waals surface area contributed by atoms with Crippen LogP contribution in [0.4, 0.5) is 5.82 Å². The fraction of sp³-hybridized carbons (Fsp3) is 0.583. The van der Waals surface area contributed by atoms with Crippen molar-refractivity contribution in [3.05, 3.63) is 17.8 Å². The maximum absolute atomic E-state index is 7.60. The number of nitrogens with one attached hydrogen (secondary N) is 1. The van der Waals surface area contributed by atoms with Crippen LogP contribution in [0.15, 0.2) is 12.3 Å². The van der Waals surface area contributed by atoms with Crippen molar-refractivity contribution in [1.29, 1.82) is 5.41 Å². The van der Waals surface area contributed by atoms with Gasteiger partial charge >= 0.3 is 0 Å². The van der Waals surface area contributed by atoms with Crippen molar-refractivity contribution >= 4 is 11.7 Å². The first-order chi connectivity index (χ1) is 8.24. The summed E-state index contributed by atoms with van der Waals surface area (Å²) < 4.78 is 0. The Morgan fingerprint density at radius 1 is 1.59 bits per heavy atom. The largest absolute Gasteiger partial charge is 0.384 e. The maximum atomic E-state index is 7.60. The molecule has 2 rings (SSSR count). The molecule has 1 unspecified atom stereocenters. The molecule has 0 radical (unpaired) electrons. The molecule has 2 heterocycles. The zero-order valence-electron chi connectivity index (χ0n) is 10.2. The highest BCUT2D eigenvalue weighted by atomic mass is 15.3. The van der Waals surface area contributed by atoms with Crippen LogP contribution < -0.4 is 10.6 Å². The van der Waals surface area contributed by atoms with Gasteiger partial charge in [0.1, 0.15) is 5.84 Å². The van der Waals surface area contributed by atoms with E-state index in [1.807, 2.05) is 0 Å². The molecular formula is C12H19N5. The first kappa shape index (κ1) is 11.8. The summed E-state index contributed by atoms with van der Waals surface area (Å²) in [6.07, 6.45) is 6.30. The van der Waals surface area contributed by atoms with E-state index in [0.717, 1.165) is 18.8 Å². The Hall–Kier alpha value is -1.65. The molecule has 0 saturated carbocycles. The van der Waals surface area contributed by atoms with E-state index in [9.17, 15) is 0 Å². The minimum Gasteiger partial charge on any atom is -0.384 e. The second-order valence-electron chi connectivity index (χ2n) is 4.43. The zero-order chi connectivity index (χ0) is 12.3. The molecule has 17 heavy (non-hydrogen) atoms. The van der Waals surface area contributed by atoms with Crippen LogP contribution in [0.5, 0.6) is 0 Å². The summed E-state index contributed by atoms with van der Waals surface area (Å²) >= 11 is 0. The fourth-order valence-electron chi connectivity index (χ4n) is 2.45. The minimum atomic E-state index is 0.0651. The summed E-state index contributed by atoms with van der Waals surface area (Å²) in [6, 6.07) is 2.27. The van der Waals surface area contributed by atoms with Gasteiger partial charge in [0.15, 0.2) is 5.82 Å². The Morgan fingerprint density at radius 2 is 2.41 bits per heavy atom. The average Bonchev–Trinajstić information content (AvgIpc) is 2.38. The van der Waals surface area contributed by atoms with Gasteiger partial charge < -0.3 is 10.6 Å². The average molecular weight is 233 g/mol. The van der Waals surface area contributed by atoms with Gasteiger partial charge in [-0.1, -0.05) is 6.92 Å². The number of aromatic nitrogens is 2. The van der Waals surface area contributed by atoms with E-state index < -0.39 is 0 Å². The van der Waals surface area contributed by atoms with Crippen LogP contribution in [-0.4, -0.2) is 28.6 Å². The molecule has 0 aromatic carbocycles. The lowest BCUT2D eigenvalue weighted by molar-refractivity contribution is 0.445. The number of anilines is 1. The molecule has 0 amide bonds. The van der Waals surface area contributed by atoms with Gasteiger partial charge in [0.2, 0.25) is 0 Å². The van der Waals surface area contributed by atoms with Crippen molar-refractivity contribution in [3.63, 3.8) is 0 Å². The molecule has 1 aromatic heterocycles. The molecule has 92 valence electrons. The van der Waals surface area contributed by atoms with Crippen molar-refractivity contribution in [2.75, 3.05) is 11.4 Å². The lowest BCUT2D eigenvalue weighted by atomic mass is 9.99. The SMILES string of the molecule is CCC1CCCCN1c1nnccc1C(=N)N. The Bertz CT molecular complexity index is 404. The molecule has 1 saturated heterocycles. The number of hydrogen-bond acceptors (Lipinski definition) is 4. The summed E-state index contributed by atoms with van der Waals surface area (Å²) in [5, 5.41) is 15.7. The van der Waals surface area contributed by atoms with Crippen molar-refractivity contribution in [2.45, 2.75) is 38.6 Å². The summed E-state index contributed by atoms with van der Waals surface area (Å²) in [7, 11) is 0. The second kappa shape index (κ2) is 5.12. The zero-order valence-corrected chi connectivity index (χ0v) is 10.2. The summed E-state index contributed by atoms with van der Waals surface area (Å²) in [4.78, 5) is 2.26. The van der Waals surface area contributed by atoms with E-state index in [2.05, 4.69) is 22.0 Å². The van der Waals surface area contributed by atoms with Gasteiger partial charge in [-0.2, -0.15) is 5.10 Å². The van der Waals surface area contributed by atoms with E-state index in [1.165, 1.54) is 19.3 Å². The molecule has 1 aromatic rings. The molecule has 0 spiro atoms. The standard InChI is InChI=1S/C12H19N5/c1-2-9-5-3-4-8-17(9)12-10(11(13)14)6-7-15-16-12/h6-7,9H,2-5,8H2,1H3,(H3,13,14). The number of rotatable bonds is 3. The molecule has 1 atom stereocenters. The summed E-state index contributed by atoms with van der Waals surface area (Å²) in [5.74, 6) is 0.835. The Labute approximate surface area is 102 Å². The monoisotopic (exact) mass is 233 g/mol. The van der Waals surface area contributed by atoms with Crippen LogP contribution in [0.1, 0.15) is 38.2 Å². The first-order valence-corrected chi connectivity index (χ1v) is 6.16. The fourth-order valence-corrected chi connectivity index (χ4v) is 2.45. The number of nitrogen functional groups attached to an aromatic ring is 1. The van der Waals surface area contributed by atoms with Crippen LogP contribution in [0.25, 0.3) is 0 Å². The molecule has 0 aliphatic carbocycles. The molecule has 1 aliphatic rings. The number of piperidine rings is 1. The van der Waals surface area contributed by atoms with Gasteiger partial charge in [0.25, 0.3) is 0 Å². The first-order valence-electron chi connectivity index (χ1n) is 6.16. The van der Waals surface area contributed by atoms with E-state index in [0.29, 0.717) is 11.6 Å². The molecule has 3 N–H and O–H groups in total. The van der Waals surface area contributed by atoms with Crippen LogP contribution >= 0.6 is 0 Å². The van der Waals surface area contributed by atoms with E-state index in [1.54, 1.807) is 12.3 Å². The summed E-state index contributed by atoms with van der Waals surface area (Å²) in [5.41, 5.74) is 6.29. The molecule has 5 nitrogen and oxygen atoms in total. The maximum Gasteiger partial charge on any atom is 0.162 e. The molecule has 1 fully saturated rings. The van der Waals surface area contributed by atoms with Gasteiger partial charge in [-0.15, -0.1) is 5.10 Å². The Kier molecular flexibility index (Phi) is 3.56. The molecular weight excluding hydrogens is 214 g/mol. The number of hydrogen-bond donors (Lipinski definition) is 2. The highest BCUT2D eigenvalue weighted by molar-refractivity contribution is 5.99. The van der Waals surface area contributed by atoms with Gasteiger partial charge in [-0.25, -0.2) is 0 Å². The summed E-state index contributed by atoms with van der Waals surface area (Å²) in [6.45, 7) is 3.17. The molecule has 1 aliphatic heterocycles.